The van der Waals surface area contributed by atoms with Crippen LogP contribution in [0, 0.1) is 0 Å². The number of ether oxygens (including phenoxy) is 1. The monoisotopic (exact) mass is 171 g/mol. The number of hydrogen-bond acceptors (Lipinski definition) is 2. The van der Waals surface area contributed by atoms with E-state index in [0.717, 1.165) is 11.4 Å². The van der Waals surface area contributed by atoms with Gasteiger partial charge in [-0.2, -0.15) is 0 Å². The van der Waals surface area contributed by atoms with Crippen molar-refractivity contribution in [1.29, 1.82) is 0 Å². The first-order chi connectivity index (χ1) is 6.45. The van der Waals surface area contributed by atoms with Crippen LogP contribution in [-0.2, 0) is 0 Å². The maximum absolute atomic E-state index is 5.70. The Hall–Kier alpha value is -1.70. The number of allylic oxidation sites excluding steroid dienone is 2. The van der Waals surface area contributed by atoms with Crippen molar-refractivity contribution in [2.75, 3.05) is 4.90 Å². The fourth-order valence-corrected chi connectivity index (χ4v) is 1.69. The molecule has 0 fully saturated rings. The van der Waals surface area contributed by atoms with E-state index in [4.69, 9.17) is 4.74 Å². The summed E-state index contributed by atoms with van der Waals surface area (Å²) in [5, 5.41) is 0. The van der Waals surface area contributed by atoms with Gasteiger partial charge < -0.3 is 9.64 Å². The van der Waals surface area contributed by atoms with Crippen molar-refractivity contribution in [2.45, 2.75) is 6.23 Å². The first kappa shape index (κ1) is 6.78. The third-order valence-electron chi connectivity index (χ3n) is 2.30. The molecule has 2 aliphatic rings. The maximum Gasteiger partial charge on any atom is 0.196 e. The highest BCUT2D eigenvalue weighted by molar-refractivity contribution is 5.65. The van der Waals surface area contributed by atoms with E-state index in [0.29, 0.717) is 0 Å². The number of hydrogen-bond donors (Lipinski definition) is 0. The Balaban J connectivity index is 2.12. The highest BCUT2D eigenvalue weighted by Crippen LogP contribution is 2.38. The Kier molecular flexibility index (Phi) is 1.25. The highest BCUT2D eigenvalue weighted by Gasteiger charge is 2.27. The minimum absolute atomic E-state index is 0.0578. The van der Waals surface area contributed by atoms with Crippen LogP contribution >= 0.6 is 0 Å². The van der Waals surface area contributed by atoms with Crippen molar-refractivity contribution in [1.82, 2.24) is 0 Å². The summed E-state index contributed by atoms with van der Waals surface area (Å²) in [7, 11) is 0. The van der Waals surface area contributed by atoms with Crippen LogP contribution in [0.3, 0.4) is 0 Å². The van der Waals surface area contributed by atoms with Crippen molar-refractivity contribution in [3.8, 4) is 5.75 Å². The first-order valence-corrected chi connectivity index (χ1v) is 4.34. The smallest absolute Gasteiger partial charge is 0.196 e. The van der Waals surface area contributed by atoms with Crippen molar-refractivity contribution in [3.63, 3.8) is 0 Å². The average Bonchev–Trinajstić information content (AvgIpc) is 2.56. The normalized spacial score (nSPS) is 22.5. The van der Waals surface area contributed by atoms with Gasteiger partial charge >= 0.3 is 0 Å². The van der Waals surface area contributed by atoms with E-state index in [2.05, 4.69) is 11.0 Å². The number of rotatable bonds is 0. The van der Waals surface area contributed by atoms with Crippen LogP contribution in [0.4, 0.5) is 5.69 Å². The third-order valence-corrected chi connectivity index (χ3v) is 2.30. The van der Waals surface area contributed by atoms with Gasteiger partial charge in [-0.05, 0) is 24.3 Å². The summed E-state index contributed by atoms with van der Waals surface area (Å²) >= 11 is 0. The number of anilines is 1. The van der Waals surface area contributed by atoms with E-state index >= 15 is 0 Å². The molecule has 64 valence electrons. The predicted molar refractivity (Wildman–Crippen MR) is 51.6 cm³/mol. The van der Waals surface area contributed by atoms with Gasteiger partial charge in [0.05, 0.1) is 5.69 Å². The van der Waals surface area contributed by atoms with Crippen LogP contribution < -0.4 is 9.64 Å². The lowest BCUT2D eigenvalue weighted by molar-refractivity contribution is 0.282. The van der Waals surface area contributed by atoms with Gasteiger partial charge in [0.2, 0.25) is 0 Å². The van der Waals surface area contributed by atoms with Gasteiger partial charge in [-0.25, -0.2) is 0 Å². The quantitative estimate of drug-likeness (QED) is 0.593. The minimum atomic E-state index is 0.0578. The van der Waals surface area contributed by atoms with Gasteiger partial charge in [0.25, 0.3) is 0 Å². The molecule has 2 heteroatoms. The molecule has 1 aromatic carbocycles. The Bertz CT molecular complexity index is 395. The predicted octanol–water partition coefficient (Wildman–Crippen LogP) is 2.29. The van der Waals surface area contributed by atoms with Crippen LogP contribution in [0.1, 0.15) is 0 Å². The second-order valence-corrected chi connectivity index (χ2v) is 3.11. The molecule has 2 nitrogen and oxygen atoms in total. The van der Waals surface area contributed by atoms with Gasteiger partial charge in [0.15, 0.2) is 6.23 Å². The van der Waals surface area contributed by atoms with Crippen LogP contribution in [0.2, 0.25) is 0 Å². The molecule has 0 aliphatic carbocycles. The molecule has 0 amide bonds. The lowest BCUT2D eigenvalue weighted by Gasteiger charge is -2.20. The fraction of sp³-hybridized carbons (Fsp3) is 0.0909. The SMILES string of the molecule is C1=CC2Oc3ccccc3N2C=C1. The van der Waals surface area contributed by atoms with Crippen LogP contribution in [0.25, 0.3) is 0 Å². The third kappa shape index (κ3) is 0.886. The Morgan fingerprint density at radius 3 is 3.08 bits per heavy atom. The Morgan fingerprint density at radius 2 is 2.08 bits per heavy atom. The van der Waals surface area contributed by atoms with E-state index in [1.165, 1.54) is 0 Å². The van der Waals surface area contributed by atoms with Gasteiger partial charge in [-0.3, -0.25) is 0 Å². The van der Waals surface area contributed by atoms with E-state index in [-0.39, 0.29) is 6.23 Å². The molecule has 0 bridgehead atoms. The Morgan fingerprint density at radius 1 is 1.15 bits per heavy atom. The molecule has 0 N–H and O–H groups in total. The van der Waals surface area contributed by atoms with Crippen molar-refractivity contribution < 1.29 is 4.74 Å². The topological polar surface area (TPSA) is 12.5 Å². The van der Waals surface area contributed by atoms with Gasteiger partial charge in [-0.15, -0.1) is 0 Å². The van der Waals surface area contributed by atoms with E-state index in [1.54, 1.807) is 0 Å². The summed E-state index contributed by atoms with van der Waals surface area (Å²) in [5.74, 6) is 0.962. The second-order valence-electron chi connectivity index (χ2n) is 3.11. The van der Waals surface area contributed by atoms with E-state index in [1.807, 2.05) is 42.6 Å². The second kappa shape index (κ2) is 2.39. The molecule has 1 aromatic rings. The number of nitrogens with zero attached hydrogens (tertiary/aromatic N) is 1. The number of fused-ring (bicyclic) bond motifs is 3. The van der Waals surface area contributed by atoms with Gasteiger partial charge in [0, 0.05) is 6.20 Å². The van der Waals surface area contributed by atoms with Crippen molar-refractivity contribution in [2.24, 2.45) is 0 Å². The van der Waals surface area contributed by atoms with Crippen LogP contribution in [-0.4, -0.2) is 6.23 Å². The van der Waals surface area contributed by atoms with Gasteiger partial charge in [0.1, 0.15) is 5.75 Å². The summed E-state index contributed by atoms with van der Waals surface area (Å²) < 4.78 is 5.70. The van der Waals surface area contributed by atoms with Crippen LogP contribution in [0.5, 0.6) is 5.75 Å². The molecule has 1 atom stereocenters. The first-order valence-electron chi connectivity index (χ1n) is 4.34. The molecule has 0 spiro atoms. The molecule has 0 radical (unpaired) electrons. The molecule has 0 saturated heterocycles. The summed E-state index contributed by atoms with van der Waals surface area (Å²) in [5.41, 5.74) is 1.15. The van der Waals surface area contributed by atoms with Gasteiger partial charge in [-0.1, -0.05) is 18.2 Å². The van der Waals surface area contributed by atoms with Crippen molar-refractivity contribution >= 4 is 5.69 Å². The molecule has 13 heavy (non-hydrogen) atoms. The molecule has 3 rings (SSSR count). The summed E-state index contributed by atoms with van der Waals surface area (Å²) in [6.07, 6.45) is 8.16. The Labute approximate surface area is 76.7 Å². The summed E-state index contributed by atoms with van der Waals surface area (Å²) in [4.78, 5) is 2.12. The fourth-order valence-electron chi connectivity index (χ4n) is 1.69. The lowest BCUT2D eigenvalue weighted by atomic mass is 10.2. The number of para-hydroxylation sites is 2. The molecule has 1 unspecified atom stereocenters. The highest BCUT2D eigenvalue weighted by atomic mass is 16.5. The molecule has 2 heterocycles. The summed E-state index contributed by atoms with van der Waals surface area (Å²) in [6.45, 7) is 0. The molecule has 0 aromatic heterocycles. The molecular weight excluding hydrogens is 162 g/mol. The zero-order valence-corrected chi connectivity index (χ0v) is 7.05. The number of benzene rings is 1. The lowest BCUT2D eigenvalue weighted by Crippen LogP contribution is -2.29. The molecule has 2 aliphatic heterocycles. The van der Waals surface area contributed by atoms with E-state index in [9.17, 15) is 0 Å². The zero-order chi connectivity index (χ0) is 8.67. The molecular formula is C11H9NO. The maximum atomic E-state index is 5.70. The zero-order valence-electron chi connectivity index (χ0n) is 7.05. The van der Waals surface area contributed by atoms with E-state index < -0.39 is 0 Å². The molecule has 0 saturated carbocycles. The largest absolute Gasteiger partial charge is 0.464 e. The van der Waals surface area contributed by atoms with Crippen LogP contribution in [0.15, 0.2) is 48.7 Å². The standard InChI is InChI=1S/C11H9NO/c1-2-6-10-9(5-1)12-8-4-3-7-11(12)13-10/h1-8,11H. The minimum Gasteiger partial charge on any atom is -0.464 e. The average molecular weight is 171 g/mol. The summed E-state index contributed by atoms with van der Waals surface area (Å²) in [6, 6.07) is 8.08. The van der Waals surface area contributed by atoms with Crippen molar-refractivity contribution in [3.05, 3.63) is 48.7 Å².